The second-order valence-electron chi connectivity index (χ2n) is 5.78. The molecule has 0 spiro atoms. The summed E-state index contributed by atoms with van der Waals surface area (Å²) in [5.74, 6) is 0.733. The largest absolute Gasteiger partial charge is 0.0854 e. The summed E-state index contributed by atoms with van der Waals surface area (Å²) < 4.78 is 0. The molecule has 0 fully saturated rings. The fourth-order valence-electron chi connectivity index (χ4n) is 1.30. The third kappa shape index (κ3) is 19.8. The summed E-state index contributed by atoms with van der Waals surface area (Å²) in [6.45, 7) is 17.7. The molecule has 0 aromatic rings. The van der Waals surface area contributed by atoms with Gasteiger partial charge in [0.1, 0.15) is 0 Å². The van der Waals surface area contributed by atoms with Gasteiger partial charge < -0.3 is 0 Å². The smallest absolute Gasteiger partial charge is 0.0263 e. The van der Waals surface area contributed by atoms with Crippen LogP contribution in [0.1, 0.15) is 102 Å². The van der Waals surface area contributed by atoms with Crippen LogP contribution in [-0.4, -0.2) is 0 Å². The van der Waals surface area contributed by atoms with Crippen LogP contribution in [0.4, 0.5) is 0 Å². The average Bonchev–Trinajstić information content (AvgIpc) is 2.33. The first kappa shape index (κ1) is 27.8. The van der Waals surface area contributed by atoms with Crippen LogP contribution in [0.15, 0.2) is 22.8 Å². The first-order valence-corrected chi connectivity index (χ1v) is 7.66. The van der Waals surface area contributed by atoms with Crippen molar-refractivity contribution < 1.29 is 0 Å². The molecule has 0 N–H and O–H groups in total. The van der Waals surface area contributed by atoms with Crippen LogP contribution in [0.3, 0.4) is 0 Å². The van der Waals surface area contributed by atoms with Crippen molar-refractivity contribution in [3.63, 3.8) is 0 Å². The van der Waals surface area contributed by atoms with E-state index in [0.29, 0.717) is 0 Å². The maximum absolute atomic E-state index is 2.34. The number of allylic oxidation sites excluding steroid dienone is 4. The molecule has 0 radical (unpaired) electrons. The van der Waals surface area contributed by atoms with Crippen LogP contribution in [0.5, 0.6) is 0 Å². The van der Waals surface area contributed by atoms with E-state index in [0.717, 1.165) is 5.92 Å². The highest BCUT2D eigenvalue weighted by atomic mass is 14.0. The molecule has 0 aliphatic carbocycles. The molecule has 20 heavy (non-hydrogen) atoms. The Kier molecular flexibility index (Phi) is 25.7. The molecular formula is C20H44. The molecule has 0 aliphatic rings. The quantitative estimate of drug-likeness (QED) is 0.431. The lowest BCUT2D eigenvalue weighted by molar-refractivity contribution is 0.757. The van der Waals surface area contributed by atoms with E-state index in [-0.39, 0.29) is 14.9 Å². The molecule has 0 atom stereocenters. The molecule has 0 saturated carbocycles. The Morgan fingerprint density at radius 1 is 0.900 bits per heavy atom. The molecule has 0 unspecified atom stereocenters. The zero-order chi connectivity index (χ0) is 14.6. The minimum Gasteiger partial charge on any atom is -0.0854 e. The van der Waals surface area contributed by atoms with Crippen LogP contribution >= 0.6 is 0 Å². The molecule has 0 heteroatoms. The maximum Gasteiger partial charge on any atom is -0.0263 e. The Bertz CT molecular complexity index is 237. The third-order valence-corrected chi connectivity index (χ3v) is 3.42. The number of unbranched alkanes of at least 4 members (excludes halogenated alkanes) is 2. The third-order valence-electron chi connectivity index (χ3n) is 3.42. The second-order valence-corrected chi connectivity index (χ2v) is 5.78. The van der Waals surface area contributed by atoms with Gasteiger partial charge in [-0.05, 0) is 52.9 Å². The van der Waals surface area contributed by atoms with Gasteiger partial charge in [-0.2, -0.15) is 0 Å². The van der Waals surface area contributed by atoms with Gasteiger partial charge in [0.2, 0.25) is 0 Å². The standard InChI is InChI=1S/2C9H18.2CH4/c2*1-5-6-7-9(4)8(2)3;;/h5-7H2,1-4H3;7-8H,5-6H2,1-4H3;2*1H4/b;9-7-;;. The number of hydrogen-bond acceptors (Lipinski definition) is 0. The SMILES string of the molecule is C.C.CCC/C=C(/C)C(C)C.CCCCC(C)=C(C)C. The lowest BCUT2D eigenvalue weighted by Gasteiger charge is -2.02. The van der Waals surface area contributed by atoms with E-state index in [4.69, 9.17) is 0 Å². The van der Waals surface area contributed by atoms with Gasteiger partial charge in [-0.15, -0.1) is 0 Å². The van der Waals surface area contributed by atoms with Crippen molar-refractivity contribution in [2.24, 2.45) is 5.92 Å². The summed E-state index contributed by atoms with van der Waals surface area (Å²) in [6.07, 6.45) is 8.79. The van der Waals surface area contributed by atoms with Gasteiger partial charge in [0.25, 0.3) is 0 Å². The Morgan fingerprint density at radius 2 is 1.40 bits per heavy atom. The highest BCUT2D eigenvalue weighted by Crippen LogP contribution is 2.10. The van der Waals surface area contributed by atoms with Crippen LogP contribution in [0.2, 0.25) is 0 Å². The lowest BCUT2D eigenvalue weighted by Crippen LogP contribution is -1.87. The van der Waals surface area contributed by atoms with Gasteiger partial charge in [-0.3, -0.25) is 0 Å². The molecule has 0 bridgehead atoms. The average molecular weight is 285 g/mol. The van der Waals surface area contributed by atoms with Gasteiger partial charge in [0, 0.05) is 0 Å². The molecule has 0 heterocycles. The van der Waals surface area contributed by atoms with E-state index in [9.17, 15) is 0 Å². The summed E-state index contributed by atoms with van der Waals surface area (Å²) in [7, 11) is 0. The lowest BCUT2D eigenvalue weighted by atomic mass is 10.0. The first-order valence-electron chi connectivity index (χ1n) is 7.66. The predicted octanol–water partition coefficient (Wildman–Crippen LogP) is 8.19. The van der Waals surface area contributed by atoms with Crippen molar-refractivity contribution in [2.75, 3.05) is 0 Å². The number of rotatable bonds is 6. The van der Waals surface area contributed by atoms with E-state index in [1.54, 1.807) is 5.57 Å². The van der Waals surface area contributed by atoms with Gasteiger partial charge in [0.15, 0.2) is 0 Å². The van der Waals surface area contributed by atoms with Crippen molar-refractivity contribution in [1.82, 2.24) is 0 Å². The minimum absolute atomic E-state index is 0. The topological polar surface area (TPSA) is 0 Å². The second kappa shape index (κ2) is 18.5. The summed E-state index contributed by atoms with van der Waals surface area (Å²) in [5, 5.41) is 0. The number of hydrogen-bond donors (Lipinski definition) is 0. The monoisotopic (exact) mass is 284 g/mol. The molecule has 0 aromatic carbocycles. The van der Waals surface area contributed by atoms with Gasteiger partial charge >= 0.3 is 0 Å². The fourth-order valence-corrected chi connectivity index (χ4v) is 1.30. The zero-order valence-corrected chi connectivity index (χ0v) is 14.2. The van der Waals surface area contributed by atoms with Gasteiger partial charge in [-0.1, -0.05) is 78.2 Å². The minimum atomic E-state index is 0. The Morgan fingerprint density at radius 3 is 1.70 bits per heavy atom. The van der Waals surface area contributed by atoms with Crippen LogP contribution in [-0.2, 0) is 0 Å². The van der Waals surface area contributed by atoms with E-state index in [1.165, 1.54) is 43.3 Å². The van der Waals surface area contributed by atoms with Crippen molar-refractivity contribution in [3.8, 4) is 0 Å². The Hall–Kier alpha value is -0.520. The van der Waals surface area contributed by atoms with Crippen molar-refractivity contribution in [1.29, 1.82) is 0 Å². The van der Waals surface area contributed by atoms with Crippen LogP contribution in [0, 0.1) is 5.92 Å². The summed E-state index contributed by atoms with van der Waals surface area (Å²) >= 11 is 0. The Balaban J connectivity index is -0.000000116. The van der Waals surface area contributed by atoms with Crippen molar-refractivity contribution in [3.05, 3.63) is 22.8 Å². The Labute approximate surface area is 131 Å². The normalized spacial score (nSPS) is 9.95. The summed E-state index contributed by atoms with van der Waals surface area (Å²) in [6, 6.07) is 0. The highest BCUT2D eigenvalue weighted by Gasteiger charge is 1.92. The zero-order valence-electron chi connectivity index (χ0n) is 14.2. The molecule has 124 valence electrons. The van der Waals surface area contributed by atoms with E-state index < -0.39 is 0 Å². The molecule has 0 nitrogen and oxygen atoms in total. The molecule has 0 amide bonds. The van der Waals surface area contributed by atoms with Gasteiger partial charge in [0.05, 0.1) is 0 Å². The summed E-state index contributed by atoms with van der Waals surface area (Å²) in [4.78, 5) is 0. The molecular weight excluding hydrogens is 240 g/mol. The van der Waals surface area contributed by atoms with Crippen molar-refractivity contribution >= 4 is 0 Å². The maximum atomic E-state index is 2.34. The van der Waals surface area contributed by atoms with Crippen LogP contribution < -0.4 is 0 Å². The highest BCUT2D eigenvalue weighted by molar-refractivity contribution is 5.06. The van der Waals surface area contributed by atoms with E-state index >= 15 is 0 Å². The van der Waals surface area contributed by atoms with E-state index in [2.05, 4.69) is 61.5 Å². The molecule has 0 aromatic heterocycles. The molecule has 0 saturated heterocycles. The first-order chi connectivity index (χ1) is 8.36. The predicted molar refractivity (Wildman–Crippen MR) is 101 cm³/mol. The molecule has 0 aliphatic heterocycles. The fraction of sp³-hybridized carbons (Fsp3) is 0.800. The van der Waals surface area contributed by atoms with E-state index in [1.807, 2.05) is 0 Å². The summed E-state index contributed by atoms with van der Waals surface area (Å²) in [5.41, 5.74) is 4.58. The van der Waals surface area contributed by atoms with Crippen LogP contribution in [0.25, 0.3) is 0 Å². The van der Waals surface area contributed by atoms with Gasteiger partial charge in [-0.25, -0.2) is 0 Å². The van der Waals surface area contributed by atoms with Crippen molar-refractivity contribution in [2.45, 2.75) is 102 Å². The molecule has 0 rings (SSSR count).